The largest absolute Gasteiger partial charge is 2.00 e. The van der Waals surface area contributed by atoms with Crippen LogP contribution in [0.1, 0.15) is 2.85 Å². The Labute approximate surface area is 76.3 Å². The van der Waals surface area contributed by atoms with Gasteiger partial charge in [0, 0.05) is 0 Å². The van der Waals surface area contributed by atoms with E-state index in [1.165, 1.54) is 0 Å². The van der Waals surface area contributed by atoms with Gasteiger partial charge in [0.25, 0.3) is 0 Å². The average Bonchev–Trinajstić information content (AvgIpc) is 1.65. The normalized spacial score (nSPS) is 6.10. The molecular formula is C3H10MgN2O4. The first-order chi connectivity index (χ1) is 4.00. The SMILES string of the molecule is NC(=O)O.NCC(=O)O.[H-].[H-].[Mg+2]. The molecule has 0 aliphatic heterocycles. The summed E-state index contributed by atoms with van der Waals surface area (Å²) in [6.07, 6.45) is -1.33. The van der Waals surface area contributed by atoms with Crippen LogP contribution in [-0.4, -0.2) is 51.9 Å². The summed E-state index contributed by atoms with van der Waals surface area (Å²) in [5.41, 5.74) is 8.60. The molecule has 58 valence electrons. The monoisotopic (exact) mass is 162 g/mol. The number of carboxylic acid groups (broad SMARTS) is 2. The minimum absolute atomic E-state index is 0. The Kier molecular flexibility index (Phi) is 18.3. The van der Waals surface area contributed by atoms with E-state index in [-0.39, 0.29) is 32.5 Å². The van der Waals surface area contributed by atoms with Gasteiger partial charge in [-0.25, -0.2) is 4.79 Å². The van der Waals surface area contributed by atoms with Crippen molar-refractivity contribution in [3.05, 3.63) is 0 Å². The summed E-state index contributed by atoms with van der Waals surface area (Å²) < 4.78 is 0. The summed E-state index contributed by atoms with van der Waals surface area (Å²) in [4.78, 5) is 18.0. The van der Waals surface area contributed by atoms with E-state index < -0.39 is 12.1 Å². The fourth-order valence-electron chi connectivity index (χ4n) is 0. The number of primary amides is 1. The number of nitrogens with two attached hydrogens (primary N) is 2. The number of rotatable bonds is 1. The molecule has 0 aliphatic carbocycles. The molecule has 0 heterocycles. The summed E-state index contributed by atoms with van der Waals surface area (Å²) in [5.74, 6) is -0.968. The van der Waals surface area contributed by atoms with Crippen molar-refractivity contribution in [2.24, 2.45) is 11.5 Å². The van der Waals surface area contributed by atoms with Gasteiger partial charge < -0.3 is 24.5 Å². The molecule has 0 unspecified atom stereocenters. The van der Waals surface area contributed by atoms with Gasteiger partial charge in [0.05, 0.1) is 6.54 Å². The van der Waals surface area contributed by atoms with E-state index in [2.05, 4.69) is 11.5 Å². The molecule has 0 bridgehead atoms. The molecule has 0 atom stereocenters. The van der Waals surface area contributed by atoms with E-state index in [0.29, 0.717) is 0 Å². The van der Waals surface area contributed by atoms with E-state index in [4.69, 9.17) is 15.0 Å². The Morgan fingerprint density at radius 2 is 1.50 bits per heavy atom. The van der Waals surface area contributed by atoms with Crippen LogP contribution in [0.5, 0.6) is 0 Å². The minimum atomic E-state index is -1.33. The second-order valence-corrected chi connectivity index (χ2v) is 0.936. The summed E-state index contributed by atoms with van der Waals surface area (Å²) in [7, 11) is 0. The maximum absolute atomic E-state index is 9.24. The number of hydrogen-bond acceptors (Lipinski definition) is 3. The van der Waals surface area contributed by atoms with Gasteiger partial charge >= 0.3 is 35.1 Å². The third-order valence-electron chi connectivity index (χ3n) is 0.175. The second-order valence-electron chi connectivity index (χ2n) is 0.936. The van der Waals surface area contributed by atoms with Crippen LogP contribution in [0, 0.1) is 0 Å². The molecule has 7 heteroatoms. The molecule has 10 heavy (non-hydrogen) atoms. The van der Waals surface area contributed by atoms with E-state index in [1.807, 2.05) is 0 Å². The van der Waals surface area contributed by atoms with Crippen LogP contribution in [0.4, 0.5) is 4.79 Å². The molecule has 6 nitrogen and oxygen atoms in total. The van der Waals surface area contributed by atoms with Crippen molar-refractivity contribution in [2.45, 2.75) is 0 Å². The number of carbonyl (C=O) groups is 2. The Balaban J connectivity index is -0.0000000221. The van der Waals surface area contributed by atoms with Gasteiger partial charge in [-0.2, -0.15) is 0 Å². The van der Waals surface area contributed by atoms with Crippen LogP contribution in [0.2, 0.25) is 0 Å². The van der Waals surface area contributed by atoms with Crippen LogP contribution in [0.3, 0.4) is 0 Å². The van der Waals surface area contributed by atoms with Gasteiger partial charge in [-0.05, 0) is 0 Å². The summed E-state index contributed by atoms with van der Waals surface area (Å²) >= 11 is 0. The number of amides is 1. The van der Waals surface area contributed by atoms with E-state index >= 15 is 0 Å². The third-order valence-corrected chi connectivity index (χ3v) is 0.175. The van der Waals surface area contributed by atoms with Gasteiger partial charge in [-0.3, -0.25) is 4.79 Å². The minimum Gasteiger partial charge on any atom is -1.00 e. The topological polar surface area (TPSA) is 127 Å². The van der Waals surface area contributed by atoms with Crippen LogP contribution in [-0.2, 0) is 4.79 Å². The van der Waals surface area contributed by atoms with Crippen molar-refractivity contribution in [3.8, 4) is 0 Å². The van der Waals surface area contributed by atoms with Gasteiger partial charge in [-0.1, -0.05) is 0 Å². The molecule has 0 saturated carbocycles. The van der Waals surface area contributed by atoms with Crippen molar-refractivity contribution in [2.75, 3.05) is 6.54 Å². The predicted molar refractivity (Wildman–Crippen MR) is 36.9 cm³/mol. The number of hydrogen-bond donors (Lipinski definition) is 4. The molecule has 0 rings (SSSR count). The Morgan fingerprint density at radius 3 is 1.50 bits per heavy atom. The van der Waals surface area contributed by atoms with Gasteiger partial charge in [0.2, 0.25) is 0 Å². The van der Waals surface area contributed by atoms with Gasteiger partial charge in [-0.15, -0.1) is 0 Å². The van der Waals surface area contributed by atoms with Crippen LogP contribution >= 0.6 is 0 Å². The molecule has 6 N–H and O–H groups in total. The first kappa shape index (κ1) is 16.2. The Bertz CT molecular complexity index is 110. The van der Waals surface area contributed by atoms with Crippen LogP contribution < -0.4 is 11.5 Å². The van der Waals surface area contributed by atoms with Crippen molar-refractivity contribution < 1.29 is 22.7 Å². The molecule has 0 radical (unpaired) electrons. The zero-order valence-electron chi connectivity index (χ0n) is 7.28. The molecule has 0 aromatic heterocycles. The molecule has 0 aromatic carbocycles. The molecule has 0 aliphatic rings. The number of carboxylic acids is 1. The quantitative estimate of drug-likeness (QED) is 0.349. The van der Waals surface area contributed by atoms with Crippen LogP contribution in [0.15, 0.2) is 0 Å². The van der Waals surface area contributed by atoms with E-state index in [0.717, 1.165) is 0 Å². The standard InChI is InChI=1S/C2H5NO2.CH3NO2.Mg.2H/c3-1-2(4)5;2-1(3)4;;;/h1,3H2,(H,4,5);2H2,(H,3,4);;;/q;;+2;2*-1. The van der Waals surface area contributed by atoms with Crippen LogP contribution in [0.25, 0.3) is 0 Å². The summed E-state index contributed by atoms with van der Waals surface area (Å²) in [6.45, 7) is -0.278. The smallest absolute Gasteiger partial charge is 1.00 e. The molecule has 1 amide bonds. The maximum atomic E-state index is 9.24. The average molecular weight is 162 g/mol. The number of aliphatic carboxylic acids is 1. The first-order valence-electron chi connectivity index (χ1n) is 1.91. The van der Waals surface area contributed by atoms with Crippen molar-refractivity contribution in [1.29, 1.82) is 0 Å². The Hall–Kier alpha value is -0.534. The molecular weight excluding hydrogens is 152 g/mol. The molecule has 0 saturated heterocycles. The summed E-state index contributed by atoms with van der Waals surface area (Å²) in [5, 5.41) is 14.8. The van der Waals surface area contributed by atoms with Crippen molar-refractivity contribution >= 4 is 35.1 Å². The summed E-state index contributed by atoms with van der Waals surface area (Å²) in [6, 6.07) is 0. The van der Waals surface area contributed by atoms with Crippen molar-refractivity contribution in [3.63, 3.8) is 0 Å². The van der Waals surface area contributed by atoms with E-state index in [9.17, 15) is 4.79 Å². The first-order valence-corrected chi connectivity index (χ1v) is 1.91. The second kappa shape index (κ2) is 11.3. The molecule has 0 fully saturated rings. The zero-order valence-corrected chi connectivity index (χ0v) is 6.69. The van der Waals surface area contributed by atoms with Crippen molar-refractivity contribution in [1.82, 2.24) is 0 Å². The third kappa shape index (κ3) is 145. The van der Waals surface area contributed by atoms with Gasteiger partial charge in [0.1, 0.15) is 0 Å². The molecule has 0 spiro atoms. The zero-order chi connectivity index (χ0) is 7.86. The maximum Gasteiger partial charge on any atom is 2.00 e. The fourth-order valence-corrected chi connectivity index (χ4v) is 0. The van der Waals surface area contributed by atoms with Gasteiger partial charge in [0.15, 0.2) is 0 Å². The molecule has 0 aromatic rings. The Morgan fingerprint density at radius 1 is 1.40 bits per heavy atom. The van der Waals surface area contributed by atoms with E-state index in [1.54, 1.807) is 0 Å². The fraction of sp³-hybridized carbons (Fsp3) is 0.333. The predicted octanol–water partition coefficient (Wildman–Crippen LogP) is -1.50.